The molecule has 12 heteroatoms. The molecule has 0 saturated heterocycles. The van der Waals surface area contributed by atoms with Gasteiger partial charge in [-0.15, -0.1) is 18.0 Å². The number of nitrogens with zero attached hydrogens (tertiary/aromatic N) is 1. The highest BCUT2D eigenvalue weighted by Gasteiger charge is 2.41. The number of rotatable bonds is 8. The Labute approximate surface area is 179 Å². The average molecular weight is 460 g/mol. The maximum Gasteiger partial charge on any atom is 0.325 e. The number of amides is 1. The van der Waals surface area contributed by atoms with Crippen LogP contribution in [0.25, 0.3) is 0 Å². The highest BCUT2D eigenvalue weighted by molar-refractivity contribution is 7.89. The number of ether oxygens (including phenoxy) is 1. The molecule has 2 atom stereocenters. The summed E-state index contributed by atoms with van der Waals surface area (Å²) >= 11 is 6.13. The number of sulfonamides is 1. The van der Waals surface area contributed by atoms with Crippen LogP contribution in [-0.2, 0) is 24.3 Å². The summed E-state index contributed by atoms with van der Waals surface area (Å²) in [6.45, 7) is 5.52. The largest absolute Gasteiger partial charge is 0.459 e. The van der Waals surface area contributed by atoms with E-state index in [9.17, 15) is 28.1 Å². The standard InChI is InChI=1S/C18H22ClN3O7S/c1-6-18(5,19)15(16(24)20-11-14(23)29-17(2,3)4)21-30(27,28)13-10-8-7-9-12(13)22(25)26/h1,7-10,15,21H,11H2,2-5H3,(H,20,24)/t15-,18-/m1/s1. The minimum atomic E-state index is -4.59. The topological polar surface area (TPSA) is 145 Å². The monoisotopic (exact) mass is 459 g/mol. The Morgan fingerprint density at radius 2 is 1.87 bits per heavy atom. The predicted molar refractivity (Wildman–Crippen MR) is 109 cm³/mol. The number of carbonyl (C=O) groups is 2. The van der Waals surface area contributed by atoms with E-state index in [1.165, 1.54) is 19.1 Å². The van der Waals surface area contributed by atoms with Crippen LogP contribution < -0.4 is 10.0 Å². The fourth-order valence-corrected chi connectivity index (χ4v) is 3.86. The Kier molecular flexibility index (Phi) is 7.96. The van der Waals surface area contributed by atoms with Crippen LogP contribution in [0.4, 0.5) is 5.69 Å². The molecule has 1 aromatic rings. The lowest BCUT2D eigenvalue weighted by Crippen LogP contribution is -2.56. The van der Waals surface area contributed by atoms with Crippen LogP contribution in [0.15, 0.2) is 29.2 Å². The number of nitro groups is 1. The zero-order valence-electron chi connectivity index (χ0n) is 16.8. The second-order valence-corrected chi connectivity index (χ2v) is 9.77. The number of para-hydroxylation sites is 1. The molecule has 2 N–H and O–H groups in total. The molecule has 0 fully saturated rings. The smallest absolute Gasteiger partial charge is 0.325 e. The molecule has 0 saturated carbocycles. The molecule has 0 unspecified atom stereocenters. The molecule has 1 rings (SSSR count). The van der Waals surface area contributed by atoms with E-state index in [4.69, 9.17) is 22.8 Å². The number of nitro benzene ring substituents is 1. The van der Waals surface area contributed by atoms with Gasteiger partial charge in [-0.3, -0.25) is 19.7 Å². The van der Waals surface area contributed by atoms with E-state index in [1.54, 1.807) is 20.8 Å². The first-order valence-electron chi connectivity index (χ1n) is 8.52. The number of alkyl halides is 1. The van der Waals surface area contributed by atoms with E-state index in [2.05, 4.69) is 11.2 Å². The summed E-state index contributed by atoms with van der Waals surface area (Å²) in [6, 6.07) is 2.80. The Morgan fingerprint density at radius 1 is 1.30 bits per heavy atom. The molecule has 0 aliphatic rings. The molecule has 0 heterocycles. The highest BCUT2D eigenvalue weighted by Crippen LogP contribution is 2.26. The van der Waals surface area contributed by atoms with Crippen molar-refractivity contribution in [1.82, 2.24) is 10.0 Å². The minimum absolute atomic E-state index is 0.572. The summed E-state index contributed by atoms with van der Waals surface area (Å²) < 4.78 is 32.5. The third-order valence-corrected chi connectivity index (χ3v) is 5.34. The Hall–Kier alpha value is -2.68. The average Bonchev–Trinajstić information content (AvgIpc) is 2.62. The number of nitrogens with one attached hydrogen (secondary N) is 2. The molecule has 164 valence electrons. The normalized spacial score (nSPS) is 14.7. The number of hydrogen-bond donors (Lipinski definition) is 2. The number of hydrogen-bond acceptors (Lipinski definition) is 7. The van der Waals surface area contributed by atoms with E-state index in [-0.39, 0.29) is 0 Å². The zero-order valence-corrected chi connectivity index (χ0v) is 18.3. The molecule has 0 aromatic heterocycles. The SMILES string of the molecule is C#C[C@@](C)(Cl)[C@H](NS(=O)(=O)c1ccccc1[N+](=O)[O-])C(=O)NCC(=O)OC(C)(C)C. The summed E-state index contributed by atoms with van der Waals surface area (Å²) in [5, 5.41) is 13.4. The predicted octanol–water partition coefficient (Wildman–Crippen LogP) is 1.33. The minimum Gasteiger partial charge on any atom is -0.459 e. The van der Waals surface area contributed by atoms with Gasteiger partial charge >= 0.3 is 5.97 Å². The lowest BCUT2D eigenvalue weighted by Gasteiger charge is -2.27. The Morgan fingerprint density at radius 3 is 2.37 bits per heavy atom. The molecular weight excluding hydrogens is 438 g/mol. The molecule has 10 nitrogen and oxygen atoms in total. The molecule has 30 heavy (non-hydrogen) atoms. The third kappa shape index (κ3) is 6.98. The van der Waals surface area contributed by atoms with Gasteiger partial charge in [0, 0.05) is 6.07 Å². The Balaban J connectivity index is 3.17. The zero-order chi connectivity index (χ0) is 23.3. The van der Waals surface area contributed by atoms with Crippen molar-refractivity contribution in [2.75, 3.05) is 6.54 Å². The van der Waals surface area contributed by atoms with Crippen LogP contribution in [-0.4, -0.2) is 48.3 Å². The first kappa shape index (κ1) is 25.4. The number of esters is 1. The Bertz CT molecular complexity index is 978. The maximum absolute atomic E-state index is 12.7. The van der Waals surface area contributed by atoms with Crippen molar-refractivity contribution in [3.05, 3.63) is 34.4 Å². The van der Waals surface area contributed by atoms with Gasteiger partial charge in [0.2, 0.25) is 15.9 Å². The van der Waals surface area contributed by atoms with E-state index >= 15 is 0 Å². The lowest BCUT2D eigenvalue weighted by molar-refractivity contribution is -0.387. The first-order valence-corrected chi connectivity index (χ1v) is 10.4. The fourth-order valence-electron chi connectivity index (χ4n) is 2.19. The third-order valence-electron chi connectivity index (χ3n) is 3.54. The van der Waals surface area contributed by atoms with Crippen molar-refractivity contribution in [3.8, 4) is 12.3 Å². The van der Waals surface area contributed by atoms with Gasteiger partial charge in [-0.2, -0.15) is 4.72 Å². The van der Waals surface area contributed by atoms with Gasteiger partial charge in [-0.1, -0.05) is 18.1 Å². The van der Waals surface area contributed by atoms with Gasteiger partial charge < -0.3 is 10.1 Å². The molecule has 0 aliphatic carbocycles. The van der Waals surface area contributed by atoms with E-state index in [1.807, 2.05) is 4.72 Å². The van der Waals surface area contributed by atoms with Crippen molar-refractivity contribution < 1.29 is 27.7 Å². The lowest BCUT2D eigenvalue weighted by atomic mass is 10.0. The van der Waals surface area contributed by atoms with Crippen LogP contribution in [0.2, 0.25) is 0 Å². The second kappa shape index (κ2) is 9.42. The first-order chi connectivity index (χ1) is 13.6. The van der Waals surface area contributed by atoms with Gasteiger partial charge in [0.05, 0.1) is 4.92 Å². The quantitative estimate of drug-likeness (QED) is 0.196. The summed E-state index contributed by atoms with van der Waals surface area (Å²) in [5.74, 6) is 0.302. The summed E-state index contributed by atoms with van der Waals surface area (Å²) in [5.41, 5.74) is -1.50. The molecule has 0 spiro atoms. The molecule has 0 bridgehead atoms. The fraction of sp³-hybridized carbons (Fsp3) is 0.444. The van der Waals surface area contributed by atoms with Crippen molar-refractivity contribution in [2.24, 2.45) is 0 Å². The van der Waals surface area contributed by atoms with Gasteiger partial charge in [-0.25, -0.2) is 8.42 Å². The summed E-state index contributed by atoms with van der Waals surface area (Å²) in [4.78, 5) is 32.1. The highest BCUT2D eigenvalue weighted by atomic mass is 35.5. The van der Waals surface area contributed by atoms with Crippen molar-refractivity contribution in [2.45, 2.75) is 49.1 Å². The number of terminal acetylenes is 1. The summed E-state index contributed by atoms with van der Waals surface area (Å²) in [6.07, 6.45) is 5.32. The van der Waals surface area contributed by atoms with E-state index in [0.717, 1.165) is 12.1 Å². The van der Waals surface area contributed by atoms with Gasteiger partial charge in [0.25, 0.3) is 5.69 Å². The molecule has 0 radical (unpaired) electrons. The molecule has 1 amide bonds. The molecular formula is C18H22ClN3O7S. The number of carbonyl (C=O) groups excluding carboxylic acids is 2. The van der Waals surface area contributed by atoms with Crippen molar-refractivity contribution in [3.63, 3.8) is 0 Å². The van der Waals surface area contributed by atoms with E-state index < -0.39 is 60.5 Å². The van der Waals surface area contributed by atoms with Gasteiger partial charge in [-0.05, 0) is 33.8 Å². The molecule has 0 aliphatic heterocycles. The van der Waals surface area contributed by atoms with Crippen LogP contribution in [0.1, 0.15) is 27.7 Å². The summed E-state index contributed by atoms with van der Waals surface area (Å²) in [7, 11) is -4.59. The van der Waals surface area contributed by atoms with Crippen LogP contribution in [0, 0.1) is 22.5 Å². The van der Waals surface area contributed by atoms with Crippen LogP contribution in [0.3, 0.4) is 0 Å². The van der Waals surface area contributed by atoms with Crippen LogP contribution in [0.5, 0.6) is 0 Å². The van der Waals surface area contributed by atoms with E-state index in [0.29, 0.717) is 0 Å². The van der Waals surface area contributed by atoms with Gasteiger partial charge in [0.1, 0.15) is 23.1 Å². The number of halogens is 1. The van der Waals surface area contributed by atoms with Gasteiger partial charge in [0.15, 0.2) is 4.90 Å². The van der Waals surface area contributed by atoms with Crippen molar-refractivity contribution in [1.29, 1.82) is 0 Å². The number of benzene rings is 1. The molecule has 1 aromatic carbocycles. The maximum atomic E-state index is 12.7. The van der Waals surface area contributed by atoms with Crippen LogP contribution >= 0.6 is 11.6 Å². The van der Waals surface area contributed by atoms with Crippen molar-refractivity contribution >= 4 is 39.2 Å². The second-order valence-electron chi connectivity index (χ2n) is 7.30.